The van der Waals surface area contributed by atoms with Gasteiger partial charge >= 0.3 is 0 Å². The number of hydrogen-bond acceptors (Lipinski definition) is 3. The minimum absolute atomic E-state index is 0.172. The van der Waals surface area contributed by atoms with Crippen LogP contribution in [0.4, 0.5) is 0 Å². The lowest BCUT2D eigenvalue weighted by Crippen LogP contribution is -2.24. The molecule has 3 aromatic carbocycles. The lowest BCUT2D eigenvalue weighted by Gasteiger charge is -2.19. The largest absolute Gasteiger partial charge is 0.289 e. The SMILES string of the molecule is O=C(c1ccc(Cl)cc1)c1cccc2c1C(=O)c1ccccc1C2=O. The Morgan fingerprint density at radius 3 is 1.96 bits per heavy atom. The van der Waals surface area contributed by atoms with E-state index in [1.54, 1.807) is 66.7 Å². The predicted octanol–water partition coefficient (Wildman–Crippen LogP) is 4.35. The topological polar surface area (TPSA) is 51.2 Å². The van der Waals surface area contributed by atoms with Gasteiger partial charge < -0.3 is 0 Å². The van der Waals surface area contributed by atoms with Crippen LogP contribution in [0.2, 0.25) is 5.02 Å². The number of halogens is 1. The summed E-state index contributed by atoms with van der Waals surface area (Å²) in [5, 5.41) is 0.520. The quantitative estimate of drug-likeness (QED) is 0.507. The van der Waals surface area contributed by atoms with Gasteiger partial charge in [-0.2, -0.15) is 0 Å². The first-order chi connectivity index (χ1) is 12.1. The van der Waals surface area contributed by atoms with E-state index in [2.05, 4.69) is 0 Å². The summed E-state index contributed by atoms with van der Waals surface area (Å²) in [5.74, 6) is -0.854. The van der Waals surface area contributed by atoms with Crippen molar-refractivity contribution in [2.45, 2.75) is 0 Å². The molecule has 4 heteroatoms. The van der Waals surface area contributed by atoms with Crippen molar-refractivity contribution in [3.63, 3.8) is 0 Å². The minimum atomic E-state index is -0.311. The van der Waals surface area contributed by atoms with Crippen LogP contribution in [0.15, 0.2) is 66.7 Å². The van der Waals surface area contributed by atoms with Crippen LogP contribution in [0.3, 0.4) is 0 Å². The Morgan fingerprint density at radius 1 is 0.680 bits per heavy atom. The van der Waals surface area contributed by atoms with E-state index in [4.69, 9.17) is 11.6 Å². The summed E-state index contributed by atoms with van der Waals surface area (Å²) < 4.78 is 0. The maximum Gasteiger partial charge on any atom is 0.195 e. The molecule has 0 amide bonds. The average molecular weight is 347 g/mol. The molecule has 120 valence electrons. The molecule has 0 bridgehead atoms. The molecule has 0 saturated carbocycles. The van der Waals surface area contributed by atoms with Crippen molar-refractivity contribution in [1.29, 1.82) is 0 Å². The summed E-state index contributed by atoms with van der Waals surface area (Å²) >= 11 is 5.87. The van der Waals surface area contributed by atoms with E-state index >= 15 is 0 Å². The molecular weight excluding hydrogens is 336 g/mol. The molecule has 0 aromatic heterocycles. The van der Waals surface area contributed by atoms with Crippen LogP contribution in [-0.2, 0) is 0 Å². The fourth-order valence-corrected chi connectivity index (χ4v) is 3.22. The molecule has 0 saturated heterocycles. The van der Waals surface area contributed by atoms with Crippen LogP contribution in [0.1, 0.15) is 47.8 Å². The Kier molecular flexibility index (Phi) is 3.59. The van der Waals surface area contributed by atoms with Crippen molar-refractivity contribution in [1.82, 2.24) is 0 Å². The average Bonchev–Trinajstić information content (AvgIpc) is 2.65. The molecule has 3 aromatic rings. The van der Waals surface area contributed by atoms with E-state index in [1.807, 2.05) is 0 Å². The molecule has 0 heterocycles. The monoisotopic (exact) mass is 346 g/mol. The second-order valence-electron chi connectivity index (χ2n) is 5.77. The van der Waals surface area contributed by atoms with Gasteiger partial charge in [0.2, 0.25) is 0 Å². The van der Waals surface area contributed by atoms with Gasteiger partial charge in [-0.05, 0) is 24.3 Å². The molecule has 0 aliphatic heterocycles. The van der Waals surface area contributed by atoms with Crippen LogP contribution in [0.5, 0.6) is 0 Å². The molecule has 0 spiro atoms. The van der Waals surface area contributed by atoms with Gasteiger partial charge in [0.25, 0.3) is 0 Å². The van der Waals surface area contributed by atoms with Crippen LogP contribution >= 0.6 is 11.6 Å². The Balaban J connectivity index is 1.91. The Hall–Kier alpha value is -3.04. The molecule has 25 heavy (non-hydrogen) atoms. The van der Waals surface area contributed by atoms with E-state index in [0.717, 1.165) is 0 Å². The van der Waals surface area contributed by atoms with Crippen molar-refractivity contribution in [3.05, 3.63) is 105 Å². The number of ketones is 3. The summed E-state index contributed by atoms with van der Waals surface area (Å²) in [6, 6.07) is 17.9. The predicted molar refractivity (Wildman–Crippen MR) is 94.6 cm³/mol. The van der Waals surface area contributed by atoms with E-state index in [9.17, 15) is 14.4 Å². The van der Waals surface area contributed by atoms with Gasteiger partial charge in [0.15, 0.2) is 17.3 Å². The Labute approximate surface area is 148 Å². The molecule has 0 unspecified atom stereocenters. The molecule has 0 fully saturated rings. The smallest absolute Gasteiger partial charge is 0.195 e. The van der Waals surface area contributed by atoms with Crippen LogP contribution in [0, 0.1) is 0 Å². The summed E-state index contributed by atoms with van der Waals surface area (Å²) in [4.78, 5) is 38.6. The fraction of sp³-hybridized carbons (Fsp3) is 0. The van der Waals surface area contributed by atoms with Crippen molar-refractivity contribution in [2.75, 3.05) is 0 Å². The van der Waals surface area contributed by atoms with Crippen molar-refractivity contribution < 1.29 is 14.4 Å². The first-order valence-corrected chi connectivity index (χ1v) is 8.07. The Bertz CT molecular complexity index is 1050. The number of fused-ring (bicyclic) bond motifs is 2. The molecule has 0 atom stereocenters. The number of rotatable bonds is 2. The summed E-state index contributed by atoms with van der Waals surface area (Å²) in [6.45, 7) is 0. The first-order valence-electron chi connectivity index (χ1n) is 7.69. The zero-order valence-corrected chi connectivity index (χ0v) is 13.7. The number of carbonyl (C=O) groups excluding carboxylic acids is 3. The van der Waals surface area contributed by atoms with Gasteiger partial charge in [-0.1, -0.05) is 54.1 Å². The third kappa shape index (κ3) is 2.41. The van der Waals surface area contributed by atoms with E-state index in [-0.39, 0.29) is 34.0 Å². The third-order valence-corrected chi connectivity index (χ3v) is 4.56. The zero-order valence-electron chi connectivity index (χ0n) is 13.0. The Morgan fingerprint density at radius 2 is 1.28 bits per heavy atom. The normalized spacial score (nSPS) is 12.5. The van der Waals surface area contributed by atoms with Crippen LogP contribution in [-0.4, -0.2) is 17.3 Å². The standard InChI is InChI=1S/C21H11ClO3/c22-13-10-8-12(9-11-13)19(23)16-6-3-7-17-18(16)21(25)15-5-2-1-4-14(15)20(17)24/h1-11H. The summed E-state index contributed by atoms with van der Waals surface area (Å²) in [7, 11) is 0. The molecular formula is C21H11ClO3. The molecule has 0 N–H and O–H groups in total. The summed E-state index contributed by atoms with van der Waals surface area (Å²) in [5.41, 5.74) is 1.78. The molecule has 1 aliphatic carbocycles. The van der Waals surface area contributed by atoms with Crippen molar-refractivity contribution in [3.8, 4) is 0 Å². The van der Waals surface area contributed by atoms with E-state index in [0.29, 0.717) is 21.7 Å². The highest BCUT2D eigenvalue weighted by Gasteiger charge is 2.32. The van der Waals surface area contributed by atoms with E-state index in [1.165, 1.54) is 0 Å². The third-order valence-electron chi connectivity index (χ3n) is 4.30. The molecule has 4 rings (SSSR count). The zero-order chi connectivity index (χ0) is 17.6. The van der Waals surface area contributed by atoms with Gasteiger partial charge in [0.05, 0.1) is 0 Å². The number of benzene rings is 3. The fourth-order valence-electron chi connectivity index (χ4n) is 3.09. The highest BCUT2D eigenvalue weighted by atomic mass is 35.5. The lowest BCUT2D eigenvalue weighted by molar-refractivity contribution is 0.0971. The van der Waals surface area contributed by atoms with Gasteiger partial charge in [-0.25, -0.2) is 0 Å². The second-order valence-corrected chi connectivity index (χ2v) is 6.20. The minimum Gasteiger partial charge on any atom is -0.289 e. The summed E-state index contributed by atoms with van der Waals surface area (Å²) in [6.07, 6.45) is 0. The van der Waals surface area contributed by atoms with E-state index < -0.39 is 0 Å². The maximum absolute atomic E-state index is 12.9. The van der Waals surface area contributed by atoms with Gasteiger partial charge in [-0.3, -0.25) is 14.4 Å². The van der Waals surface area contributed by atoms with Crippen molar-refractivity contribution in [2.24, 2.45) is 0 Å². The van der Waals surface area contributed by atoms with Gasteiger partial charge in [0.1, 0.15) is 0 Å². The molecule has 0 radical (unpaired) electrons. The van der Waals surface area contributed by atoms with Crippen molar-refractivity contribution >= 4 is 29.0 Å². The lowest BCUT2D eigenvalue weighted by atomic mass is 9.80. The molecule has 3 nitrogen and oxygen atoms in total. The van der Waals surface area contributed by atoms with Gasteiger partial charge in [0, 0.05) is 38.4 Å². The highest BCUT2D eigenvalue weighted by molar-refractivity contribution is 6.32. The van der Waals surface area contributed by atoms with Crippen LogP contribution < -0.4 is 0 Å². The first kappa shape index (κ1) is 15.5. The number of carbonyl (C=O) groups is 3. The molecule has 1 aliphatic rings. The maximum atomic E-state index is 12.9. The number of hydrogen-bond donors (Lipinski definition) is 0. The van der Waals surface area contributed by atoms with Crippen LogP contribution in [0.25, 0.3) is 0 Å². The van der Waals surface area contributed by atoms with Gasteiger partial charge in [-0.15, -0.1) is 0 Å². The highest BCUT2D eigenvalue weighted by Crippen LogP contribution is 2.30. The second kappa shape index (κ2) is 5.80.